The van der Waals surface area contributed by atoms with Crippen LogP contribution in [0.5, 0.6) is 0 Å². The normalized spacial score (nSPS) is 44.4. The van der Waals surface area contributed by atoms with Crippen LogP contribution in [0.15, 0.2) is 5.11 Å². The lowest BCUT2D eigenvalue weighted by Gasteiger charge is -2.58. The molecule has 0 aromatic heterocycles. The van der Waals surface area contributed by atoms with Gasteiger partial charge in [-0.1, -0.05) is 5.11 Å². The summed E-state index contributed by atoms with van der Waals surface area (Å²) >= 11 is 0. The number of nitrogens with zero attached hydrogens (tertiary/aromatic N) is 4. The molecule has 0 spiro atoms. The van der Waals surface area contributed by atoms with Crippen LogP contribution in [0.1, 0.15) is 32.1 Å². The molecule has 0 radical (unpaired) electrons. The molecule has 4 rings (SSSR count). The number of hydrogen-bond acceptors (Lipinski definition) is 3. The Kier molecular flexibility index (Phi) is 2.93. The Morgan fingerprint density at radius 2 is 1.83 bits per heavy atom. The van der Waals surface area contributed by atoms with E-state index in [9.17, 15) is 5.26 Å². The Morgan fingerprint density at radius 3 is 2.33 bits per heavy atom. The van der Waals surface area contributed by atoms with E-state index in [1.807, 2.05) is 0 Å². The molecule has 0 saturated heterocycles. The molecule has 0 aliphatic heterocycles. The molecule has 0 unspecified atom stereocenters. The maximum atomic E-state index is 9.69. The van der Waals surface area contributed by atoms with E-state index in [1.165, 1.54) is 32.1 Å². The van der Waals surface area contributed by atoms with Crippen molar-refractivity contribution in [1.29, 1.82) is 5.26 Å². The van der Waals surface area contributed by atoms with Crippen LogP contribution < -0.4 is 5.32 Å². The summed E-state index contributed by atoms with van der Waals surface area (Å²) < 4.78 is 0. The highest BCUT2D eigenvalue weighted by atomic mass is 15.1. The van der Waals surface area contributed by atoms with Crippen molar-refractivity contribution < 1.29 is 0 Å². The summed E-state index contributed by atoms with van der Waals surface area (Å²) in [7, 11) is 0. The summed E-state index contributed by atoms with van der Waals surface area (Å²) in [6, 6.07) is 2.59. The van der Waals surface area contributed by atoms with Gasteiger partial charge in [-0.05, 0) is 61.3 Å². The van der Waals surface area contributed by atoms with Crippen molar-refractivity contribution in [3.63, 3.8) is 0 Å². The molecule has 5 nitrogen and oxygen atoms in total. The lowest BCUT2D eigenvalue weighted by molar-refractivity contribution is -0.0460. The van der Waals surface area contributed by atoms with Crippen molar-refractivity contribution in [1.82, 2.24) is 5.32 Å². The topological polar surface area (TPSA) is 84.6 Å². The third-order valence-electron chi connectivity index (χ3n) is 5.30. The van der Waals surface area contributed by atoms with Gasteiger partial charge in [0.05, 0.1) is 6.07 Å². The van der Waals surface area contributed by atoms with E-state index >= 15 is 0 Å². The van der Waals surface area contributed by atoms with Crippen molar-refractivity contribution in [2.45, 2.75) is 37.6 Å². The fourth-order valence-electron chi connectivity index (χ4n) is 4.80. The van der Waals surface area contributed by atoms with Gasteiger partial charge in [0, 0.05) is 18.0 Å². The number of azide groups is 1. The molecule has 4 bridgehead atoms. The molecule has 4 saturated carbocycles. The van der Waals surface area contributed by atoms with Crippen molar-refractivity contribution in [3.8, 4) is 6.07 Å². The van der Waals surface area contributed by atoms with Crippen LogP contribution in [0, 0.1) is 35.0 Å². The van der Waals surface area contributed by atoms with E-state index in [0.717, 1.165) is 11.8 Å². The Morgan fingerprint density at radius 1 is 1.22 bits per heavy atom. The summed E-state index contributed by atoms with van der Waals surface area (Å²) in [5.74, 6) is 2.77. The lowest BCUT2D eigenvalue weighted by Crippen LogP contribution is -2.64. The van der Waals surface area contributed by atoms with Gasteiger partial charge in [-0.25, -0.2) is 0 Å². The first kappa shape index (κ1) is 11.8. The van der Waals surface area contributed by atoms with Crippen LogP contribution in [-0.4, -0.2) is 18.6 Å². The van der Waals surface area contributed by atoms with Gasteiger partial charge >= 0.3 is 0 Å². The molecule has 0 aromatic rings. The molecule has 0 amide bonds. The monoisotopic (exact) mass is 245 g/mol. The standard InChI is InChI=1S/C13H19N5/c14-8-13(16-1-2-17-18-15)11-4-9-3-10(6-11)7-12(13)5-9/h9-12,16H,1-7H2. The van der Waals surface area contributed by atoms with E-state index in [4.69, 9.17) is 5.53 Å². The van der Waals surface area contributed by atoms with E-state index in [0.29, 0.717) is 24.9 Å². The highest BCUT2D eigenvalue weighted by Crippen LogP contribution is 2.57. The average molecular weight is 245 g/mol. The van der Waals surface area contributed by atoms with E-state index in [-0.39, 0.29) is 5.54 Å². The smallest absolute Gasteiger partial charge is 0.112 e. The third-order valence-corrected chi connectivity index (χ3v) is 5.30. The zero-order valence-electron chi connectivity index (χ0n) is 10.5. The summed E-state index contributed by atoms with van der Waals surface area (Å²) in [6.07, 6.45) is 6.27. The van der Waals surface area contributed by atoms with Crippen LogP contribution in [-0.2, 0) is 0 Å². The minimum atomic E-state index is -0.335. The number of nitriles is 1. The zero-order chi connectivity index (χ0) is 12.6. The second-order valence-electron chi connectivity index (χ2n) is 6.17. The van der Waals surface area contributed by atoms with Crippen molar-refractivity contribution in [3.05, 3.63) is 10.4 Å². The summed E-state index contributed by atoms with van der Waals surface area (Å²) in [5.41, 5.74) is 7.96. The van der Waals surface area contributed by atoms with Crippen LogP contribution in [0.4, 0.5) is 0 Å². The van der Waals surface area contributed by atoms with Gasteiger partial charge in [0.15, 0.2) is 0 Å². The number of nitrogens with one attached hydrogen (secondary N) is 1. The van der Waals surface area contributed by atoms with Gasteiger partial charge in [-0.3, -0.25) is 5.32 Å². The molecular formula is C13H19N5. The van der Waals surface area contributed by atoms with E-state index in [1.54, 1.807) is 0 Å². The van der Waals surface area contributed by atoms with E-state index < -0.39 is 0 Å². The Labute approximate surface area is 107 Å². The van der Waals surface area contributed by atoms with Crippen LogP contribution in [0.2, 0.25) is 0 Å². The molecule has 1 N–H and O–H groups in total. The molecule has 0 atom stereocenters. The minimum Gasteiger partial charge on any atom is -0.299 e. The Hall–Kier alpha value is -1.24. The quantitative estimate of drug-likeness (QED) is 0.357. The van der Waals surface area contributed by atoms with E-state index in [2.05, 4.69) is 21.4 Å². The Balaban J connectivity index is 1.75. The highest BCUT2D eigenvalue weighted by molar-refractivity contribution is 5.21. The van der Waals surface area contributed by atoms with Crippen molar-refractivity contribution >= 4 is 0 Å². The maximum absolute atomic E-state index is 9.69. The molecule has 0 aromatic carbocycles. The van der Waals surface area contributed by atoms with Gasteiger partial charge in [0.25, 0.3) is 0 Å². The maximum Gasteiger partial charge on any atom is 0.112 e. The molecule has 0 heterocycles. The van der Waals surface area contributed by atoms with Gasteiger partial charge in [-0.15, -0.1) is 0 Å². The Bertz CT molecular complexity index is 390. The predicted octanol–water partition coefficient (Wildman–Crippen LogP) is 2.60. The summed E-state index contributed by atoms with van der Waals surface area (Å²) in [6.45, 7) is 1.06. The fourth-order valence-corrected chi connectivity index (χ4v) is 4.80. The molecule has 4 aliphatic carbocycles. The van der Waals surface area contributed by atoms with Gasteiger partial charge in [0.2, 0.25) is 0 Å². The minimum absolute atomic E-state index is 0.335. The zero-order valence-corrected chi connectivity index (χ0v) is 10.5. The molecule has 4 fully saturated rings. The average Bonchev–Trinajstić information content (AvgIpc) is 2.37. The van der Waals surface area contributed by atoms with Crippen molar-refractivity contribution in [2.24, 2.45) is 28.8 Å². The summed E-state index contributed by atoms with van der Waals surface area (Å²) in [4.78, 5) is 2.76. The number of rotatable bonds is 4. The van der Waals surface area contributed by atoms with Crippen LogP contribution >= 0.6 is 0 Å². The SMILES string of the molecule is N#CC1(NCCN=[N+]=[N-])C2CC3CC(C2)CC1C3. The van der Waals surface area contributed by atoms with Crippen LogP contribution in [0.3, 0.4) is 0 Å². The summed E-state index contributed by atoms with van der Waals surface area (Å²) in [5, 5.41) is 16.7. The predicted molar refractivity (Wildman–Crippen MR) is 67.4 cm³/mol. The second kappa shape index (κ2) is 4.46. The lowest BCUT2D eigenvalue weighted by atomic mass is 9.49. The molecule has 18 heavy (non-hydrogen) atoms. The molecular weight excluding hydrogens is 226 g/mol. The highest BCUT2D eigenvalue weighted by Gasteiger charge is 2.57. The first-order valence-corrected chi connectivity index (χ1v) is 6.95. The largest absolute Gasteiger partial charge is 0.299 e. The first-order chi connectivity index (χ1) is 8.78. The van der Waals surface area contributed by atoms with Gasteiger partial charge in [-0.2, -0.15) is 5.26 Å². The van der Waals surface area contributed by atoms with Crippen LogP contribution in [0.25, 0.3) is 10.4 Å². The first-order valence-electron chi connectivity index (χ1n) is 6.95. The molecule has 5 heteroatoms. The van der Waals surface area contributed by atoms with Crippen molar-refractivity contribution in [2.75, 3.05) is 13.1 Å². The molecule has 4 aliphatic rings. The molecule has 96 valence electrons. The fraction of sp³-hybridized carbons (Fsp3) is 0.923. The third kappa shape index (κ3) is 1.68. The number of hydrogen-bond donors (Lipinski definition) is 1. The second-order valence-corrected chi connectivity index (χ2v) is 6.17. The van der Waals surface area contributed by atoms with Gasteiger partial charge < -0.3 is 0 Å². The van der Waals surface area contributed by atoms with Gasteiger partial charge in [0.1, 0.15) is 5.54 Å².